The summed E-state index contributed by atoms with van der Waals surface area (Å²) in [6.07, 6.45) is 4.89. The van der Waals surface area contributed by atoms with Crippen LogP contribution in [-0.4, -0.2) is 93.6 Å². The lowest BCUT2D eigenvalue weighted by Crippen LogP contribution is -2.58. The van der Waals surface area contributed by atoms with Gasteiger partial charge in [-0.2, -0.15) is 4.98 Å². The van der Waals surface area contributed by atoms with Gasteiger partial charge in [-0.15, -0.1) is 12.4 Å². The minimum Gasteiger partial charge on any atom is -0.338 e. The van der Waals surface area contributed by atoms with Gasteiger partial charge in [0.25, 0.3) is 0 Å². The largest absolute Gasteiger partial charge is 0.354 e. The van der Waals surface area contributed by atoms with Gasteiger partial charge in [0, 0.05) is 45.0 Å². The molecule has 2 aliphatic heterocycles. The highest BCUT2D eigenvalue weighted by Crippen LogP contribution is 2.20. The predicted molar refractivity (Wildman–Crippen MR) is 159 cm³/mol. The number of urea groups is 1. The summed E-state index contributed by atoms with van der Waals surface area (Å²) in [5.74, 6) is 0.676. The van der Waals surface area contributed by atoms with E-state index in [2.05, 4.69) is 22.1 Å². The van der Waals surface area contributed by atoms with Crippen LogP contribution in [-0.2, 0) is 11.2 Å². The van der Waals surface area contributed by atoms with Gasteiger partial charge < -0.3 is 26.2 Å². The van der Waals surface area contributed by atoms with Crippen molar-refractivity contribution in [1.82, 2.24) is 24.3 Å². The van der Waals surface area contributed by atoms with Gasteiger partial charge >= 0.3 is 11.7 Å². The molecule has 5 N–H and O–H groups in total. The number of benzene rings is 1. The monoisotopic (exact) mass is 574 g/mol. The quantitative estimate of drug-likeness (QED) is 0.456. The second-order valence-corrected chi connectivity index (χ2v) is 11.4. The standard InChI is InChI=1S/C28H42N8O3.ClH/c1-20(29)22-9-13-33(14-10-22)12-8-21-4-6-23(7-5-21)36-15-11-24(32-27(36)39)31-26(38)35-18-16-34(17-19-35)25(37)28(2,3)30;/h4-7,11,15,20,22H,8-10,12-14,16-19,29-30H2,1-3H3,(H,31,32,38,39);1H. The second-order valence-electron chi connectivity index (χ2n) is 11.4. The highest BCUT2D eigenvalue weighted by molar-refractivity contribution is 5.89. The van der Waals surface area contributed by atoms with Gasteiger partial charge in [0.1, 0.15) is 5.82 Å². The number of halogens is 1. The lowest BCUT2D eigenvalue weighted by atomic mass is 9.91. The van der Waals surface area contributed by atoms with Crippen molar-refractivity contribution in [2.24, 2.45) is 17.4 Å². The summed E-state index contributed by atoms with van der Waals surface area (Å²) in [5.41, 5.74) is 12.5. The van der Waals surface area contributed by atoms with E-state index in [-0.39, 0.29) is 36.2 Å². The van der Waals surface area contributed by atoms with E-state index in [4.69, 9.17) is 11.5 Å². The molecule has 3 heterocycles. The third-order valence-electron chi connectivity index (χ3n) is 7.75. The molecule has 0 saturated carbocycles. The van der Waals surface area contributed by atoms with Gasteiger partial charge in [-0.25, -0.2) is 9.59 Å². The number of nitrogens with two attached hydrogens (primary N) is 2. The number of hydrogen-bond donors (Lipinski definition) is 3. The normalized spacial score (nSPS) is 17.7. The molecule has 40 heavy (non-hydrogen) atoms. The highest BCUT2D eigenvalue weighted by atomic mass is 35.5. The molecule has 0 aliphatic carbocycles. The number of piperazine rings is 1. The Morgan fingerprint density at radius 3 is 2.17 bits per heavy atom. The summed E-state index contributed by atoms with van der Waals surface area (Å²) in [5, 5.41) is 2.69. The number of likely N-dealkylation sites (tertiary alicyclic amines) is 1. The molecular formula is C28H43ClN8O3. The summed E-state index contributed by atoms with van der Waals surface area (Å²) in [6.45, 7) is 10.2. The fourth-order valence-corrected chi connectivity index (χ4v) is 5.19. The Balaban J connectivity index is 0.00000441. The smallest absolute Gasteiger partial charge is 0.338 e. The number of carbonyl (C=O) groups is 2. The van der Waals surface area contributed by atoms with Gasteiger partial charge in [0.15, 0.2) is 0 Å². The number of nitrogens with one attached hydrogen (secondary N) is 1. The topological polar surface area (TPSA) is 143 Å². The van der Waals surface area contributed by atoms with E-state index in [9.17, 15) is 14.4 Å². The maximum Gasteiger partial charge on any atom is 0.354 e. The number of piperidine rings is 1. The SMILES string of the molecule is CC(N)C1CCN(CCc2ccc(-n3ccc(NC(=O)N4CCN(C(=O)C(C)(C)N)CC4)nc3=O)cc2)CC1.Cl. The second kappa shape index (κ2) is 13.6. The Hall–Kier alpha value is -2.99. The van der Waals surface area contributed by atoms with E-state index in [1.54, 1.807) is 35.9 Å². The van der Waals surface area contributed by atoms with Crippen LogP contribution in [0.2, 0.25) is 0 Å². The van der Waals surface area contributed by atoms with E-state index >= 15 is 0 Å². The van der Waals surface area contributed by atoms with E-state index in [0.717, 1.165) is 44.6 Å². The molecule has 2 aromatic rings. The Kier molecular flexibility index (Phi) is 10.7. The number of amides is 3. The summed E-state index contributed by atoms with van der Waals surface area (Å²) in [4.78, 5) is 47.6. The Bertz CT molecular complexity index is 1200. The Morgan fingerprint density at radius 1 is 1.02 bits per heavy atom. The van der Waals surface area contributed by atoms with Crippen molar-refractivity contribution in [3.8, 4) is 5.69 Å². The minimum absolute atomic E-state index is 0. The fourth-order valence-electron chi connectivity index (χ4n) is 5.19. The Labute approximate surface area is 242 Å². The number of hydrogen-bond acceptors (Lipinski definition) is 7. The molecule has 1 aromatic heterocycles. The zero-order chi connectivity index (χ0) is 28.2. The summed E-state index contributed by atoms with van der Waals surface area (Å²) in [7, 11) is 0. The molecule has 2 saturated heterocycles. The summed E-state index contributed by atoms with van der Waals surface area (Å²) < 4.78 is 1.46. The van der Waals surface area contributed by atoms with Crippen LogP contribution >= 0.6 is 12.4 Å². The summed E-state index contributed by atoms with van der Waals surface area (Å²) in [6, 6.07) is 9.45. The van der Waals surface area contributed by atoms with E-state index in [0.29, 0.717) is 32.1 Å². The molecule has 0 radical (unpaired) electrons. The van der Waals surface area contributed by atoms with Crippen LogP contribution in [0.5, 0.6) is 0 Å². The van der Waals surface area contributed by atoms with Crippen LogP contribution in [0, 0.1) is 5.92 Å². The molecule has 11 nitrogen and oxygen atoms in total. The van der Waals surface area contributed by atoms with Crippen LogP contribution in [0.4, 0.5) is 10.6 Å². The average Bonchev–Trinajstić information content (AvgIpc) is 2.92. The minimum atomic E-state index is -0.945. The zero-order valence-electron chi connectivity index (χ0n) is 23.7. The molecule has 220 valence electrons. The predicted octanol–water partition coefficient (Wildman–Crippen LogP) is 1.67. The molecular weight excluding hydrogens is 532 g/mol. The van der Waals surface area contributed by atoms with Gasteiger partial charge in [0.05, 0.1) is 11.2 Å². The fraction of sp³-hybridized carbons (Fsp3) is 0.571. The molecule has 0 spiro atoms. The Morgan fingerprint density at radius 2 is 1.62 bits per heavy atom. The van der Waals surface area contributed by atoms with Crippen molar-refractivity contribution in [3.63, 3.8) is 0 Å². The average molecular weight is 575 g/mol. The van der Waals surface area contributed by atoms with Crippen molar-refractivity contribution in [2.75, 3.05) is 51.1 Å². The zero-order valence-corrected chi connectivity index (χ0v) is 24.5. The molecule has 1 unspecified atom stereocenters. The first-order valence-electron chi connectivity index (χ1n) is 13.8. The first-order chi connectivity index (χ1) is 18.5. The van der Waals surface area contributed by atoms with Crippen LogP contribution in [0.3, 0.4) is 0 Å². The molecule has 12 heteroatoms. The van der Waals surface area contributed by atoms with Crippen LogP contribution in [0.25, 0.3) is 5.69 Å². The van der Waals surface area contributed by atoms with Crippen LogP contribution in [0.1, 0.15) is 39.2 Å². The summed E-state index contributed by atoms with van der Waals surface area (Å²) >= 11 is 0. The molecule has 2 aliphatic rings. The molecule has 1 aromatic carbocycles. The van der Waals surface area contributed by atoms with Gasteiger partial charge in [-0.1, -0.05) is 12.1 Å². The van der Waals surface area contributed by atoms with Gasteiger partial charge in [-0.3, -0.25) is 14.7 Å². The lowest BCUT2D eigenvalue weighted by molar-refractivity contribution is -0.137. The third-order valence-corrected chi connectivity index (χ3v) is 7.75. The van der Waals surface area contributed by atoms with Crippen molar-refractivity contribution < 1.29 is 9.59 Å². The maximum atomic E-state index is 12.7. The number of nitrogens with zero attached hydrogens (tertiary/aromatic N) is 5. The van der Waals surface area contributed by atoms with E-state index in [1.165, 1.54) is 10.1 Å². The molecule has 0 bridgehead atoms. The van der Waals surface area contributed by atoms with E-state index < -0.39 is 11.2 Å². The number of anilines is 1. The van der Waals surface area contributed by atoms with Crippen LogP contribution < -0.4 is 22.5 Å². The third kappa shape index (κ3) is 8.03. The van der Waals surface area contributed by atoms with Crippen molar-refractivity contribution in [3.05, 3.63) is 52.6 Å². The molecule has 4 rings (SSSR count). The van der Waals surface area contributed by atoms with E-state index in [1.807, 2.05) is 24.3 Å². The molecule has 2 fully saturated rings. The number of carbonyl (C=O) groups excluding carboxylic acids is 2. The molecule has 3 amide bonds. The van der Waals surface area contributed by atoms with Crippen molar-refractivity contribution in [1.29, 1.82) is 0 Å². The maximum absolute atomic E-state index is 12.7. The van der Waals surface area contributed by atoms with Gasteiger partial charge in [-0.05, 0) is 82.8 Å². The first kappa shape index (κ1) is 31.5. The lowest BCUT2D eigenvalue weighted by Gasteiger charge is -2.37. The number of aromatic nitrogens is 2. The van der Waals surface area contributed by atoms with Crippen molar-refractivity contribution >= 4 is 30.2 Å². The van der Waals surface area contributed by atoms with Crippen LogP contribution in [0.15, 0.2) is 41.3 Å². The van der Waals surface area contributed by atoms with Crippen molar-refractivity contribution in [2.45, 2.75) is 51.6 Å². The number of rotatable bonds is 7. The molecule has 1 atom stereocenters. The first-order valence-corrected chi connectivity index (χ1v) is 13.8. The highest BCUT2D eigenvalue weighted by Gasteiger charge is 2.31. The van der Waals surface area contributed by atoms with Gasteiger partial charge in [0.2, 0.25) is 5.91 Å².